The van der Waals surface area contributed by atoms with Gasteiger partial charge in [0.1, 0.15) is 5.75 Å². The quantitative estimate of drug-likeness (QED) is 0.826. The average Bonchev–Trinajstić information content (AvgIpc) is 2.80. The van der Waals surface area contributed by atoms with Gasteiger partial charge in [0, 0.05) is 18.2 Å². The predicted molar refractivity (Wildman–Crippen MR) is 76.8 cm³/mol. The highest BCUT2D eigenvalue weighted by molar-refractivity contribution is 7.91. The number of amides is 1. The molecule has 8 heteroatoms. The van der Waals surface area contributed by atoms with Crippen molar-refractivity contribution in [3.05, 3.63) is 29.8 Å². The second-order valence-corrected chi connectivity index (χ2v) is 7.28. The summed E-state index contributed by atoms with van der Waals surface area (Å²) in [5, 5.41) is 0. The van der Waals surface area contributed by atoms with Gasteiger partial charge >= 0.3 is 6.61 Å². The van der Waals surface area contributed by atoms with Crippen LogP contribution in [0.3, 0.4) is 0 Å². The molecular weight excluding hydrogens is 316 g/mol. The Bertz CT molecular complexity index is 631. The minimum atomic E-state index is -3.08. The highest BCUT2D eigenvalue weighted by atomic mass is 32.2. The van der Waals surface area contributed by atoms with Gasteiger partial charge < -0.3 is 9.64 Å². The van der Waals surface area contributed by atoms with Gasteiger partial charge in [0.25, 0.3) is 5.91 Å². The zero-order chi connectivity index (χ0) is 16.3. The molecular formula is C14H17F2NO4S. The molecule has 1 fully saturated rings. The van der Waals surface area contributed by atoms with E-state index in [0.717, 1.165) is 0 Å². The topological polar surface area (TPSA) is 63.7 Å². The lowest BCUT2D eigenvalue weighted by Gasteiger charge is -2.27. The lowest BCUT2D eigenvalue weighted by Crippen LogP contribution is -2.40. The summed E-state index contributed by atoms with van der Waals surface area (Å²) in [6, 6.07) is 5.04. The number of rotatable bonds is 5. The van der Waals surface area contributed by atoms with E-state index in [9.17, 15) is 22.0 Å². The van der Waals surface area contributed by atoms with E-state index in [0.29, 0.717) is 18.5 Å². The fraction of sp³-hybridized carbons (Fsp3) is 0.500. The van der Waals surface area contributed by atoms with Crippen LogP contribution in [0.4, 0.5) is 8.78 Å². The summed E-state index contributed by atoms with van der Waals surface area (Å²) in [6.07, 6.45) is 0.425. The summed E-state index contributed by atoms with van der Waals surface area (Å²) in [5.41, 5.74) is 0.313. The van der Waals surface area contributed by atoms with E-state index in [1.165, 1.54) is 29.2 Å². The van der Waals surface area contributed by atoms with E-state index >= 15 is 0 Å². The average molecular weight is 333 g/mol. The molecule has 1 atom stereocenters. The first-order valence-electron chi connectivity index (χ1n) is 6.88. The van der Waals surface area contributed by atoms with Crippen molar-refractivity contribution < 1.29 is 26.7 Å². The lowest BCUT2D eigenvalue weighted by molar-refractivity contribution is -0.0498. The largest absolute Gasteiger partial charge is 0.435 e. The molecule has 0 bridgehead atoms. The molecule has 1 amide bonds. The van der Waals surface area contributed by atoms with Crippen molar-refractivity contribution in [1.82, 2.24) is 4.90 Å². The molecule has 1 aromatic rings. The third kappa shape index (κ3) is 3.94. The van der Waals surface area contributed by atoms with Gasteiger partial charge in [-0.3, -0.25) is 4.79 Å². The molecule has 0 radical (unpaired) electrons. The normalized spacial score (nSPS) is 20.1. The molecule has 1 aliphatic rings. The van der Waals surface area contributed by atoms with Gasteiger partial charge in [-0.2, -0.15) is 8.78 Å². The molecule has 22 heavy (non-hydrogen) atoms. The molecule has 1 heterocycles. The van der Waals surface area contributed by atoms with Crippen LogP contribution in [-0.4, -0.2) is 49.9 Å². The van der Waals surface area contributed by atoms with Crippen LogP contribution in [0.25, 0.3) is 0 Å². The third-order valence-electron chi connectivity index (χ3n) is 3.58. The Morgan fingerprint density at radius 2 is 2.00 bits per heavy atom. The van der Waals surface area contributed by atoms with Crippen LogP contribution in [-0.2, 0) is 9.84 Å². The number of benzene rings is 1. The highest BCUT2D eigenvalue weighted by Crippen LogP contribution is 2.21. The Hall–Kier alpha value is -1.70. The summed E-state index contributed by atoms with van der Waals surface area (Å²) in [7, 11) is -3.08. The van der Waals surface area contributed by atoms with Crippen LogP contribution in [0.5, 0.6) is 5.75 Å². The molecule has 0 aliphatic carbocycles. The van der Waals surface area contributed by atoms with Crippen LogP contribution in [0, 0.1) is 0 Å². The van der Waals surface area contributed by atoms with Gasteiger partial charge in [-0.05, 0) is 37.6 Å². The van der Waals surface area contributed by atoms with E-state index in [-0.39, 0.29) is 29.2 Å². The first kappa shape index (κ1) is 16.7. The van der Waals surface area contributed by atoms with Crippen LogP contribution in [0.1, 0.15) is 23.7 Å². The molecule has 0 spiro atoms. The summed E-state index contributed by atoms with van der Waals surface area (Å²) in [5.74, 6) is -0.284. The Labute approximate surface area is 127 Å². The lowest BCUT2D eigenvalue weighted by atomic mass is 10.1. The van der Waals surface area contributed by atoms with Gasteiger partial charge in [0.2, 0.25) is 0 Å². The number of sulfone groups is 1. The summed E-state index contributed by atoms with van der Waals surface area (Å²) >= 11 is 0. The van der Waals surface area contributed by atoms with Gasteiger partial charge in [0.05, 0.1) is 11.5 Å². The molecule has 1 aliphatic heterocycles. The second-order valence-electron chi connectivity index (χ2n) is 5.05. The monoisotopic (exact) mass is 333 g/mol. The van der Waals surface area contributed by atoms with Crippen LogP contribution < -0.4 is 4.74 Å². The number of hydrogen-bond acceptors (Lipinski definition) is 4. The number of carbonyl (C=O) groups excluding carboxylic acids is 1. The SMILES string of the molecule is CCN(C(=O)c1ccc(OC(F)F)cc1)C1CCS(=O)(=O)C1. The standard InChI is InChI=1S/C14H17F2NO4S/c1-2-17(11-7-8-22(19,20)9-11)13(18)10-3-5-12(6-4-10)21-14(15)16/h3-6,11,14H,2,7-9H2,1H3. The smallest absolute Gasteiger partial charge is 0.387 e. The molecule has 5 nitrogen and oxygen atoms in total. The Morgan fingerprint density at radius 1 is 1.36 bits per heavy atom. The van der Waals surface area contributed by atoms with Crippen molar-refractivity contribution in [3.63, 3.8) is 0 Å². The van der Waals surface area contributed by atoms with E-state index in [1.54, 1.807) is 6.92 Å². The van der Waals surface area contributed by atoms with Gasteiger partial charge in [-0.25, -0.2) is 8.42 Å². The maximum absolute atomic E-state index is 12.4. The summed E-state index contributed by atoms with van der Waals surface area (Å²) in [4.78, 5) is 14.0. The van der Waals surface area contributed by atoms with Gasteiger partial charge in [-0.1, -0.05) is 0 Å². The van der Waals surface area contributed by atoms with Crippen molar-refractivity contribution >= 4 is 15.7 Å². The van der Waals surface area contributed by atoms with Crippen molar-refractivity contribution in [2.75, 3.05) is 18.1 Å². The Balaban J connectivity index is 2.11. The number of ether oxygens (including phenoxy) is 1. The number of halogens is 2. The number of hydrogen-bond donors (Lipinski definition) is 0. The van der Waals surface area contributed by atoms with Crippen LogP contribution in [0.2, 0.25) is 0 Å². The molecule has 2 rings (SSSR count). The molecule has 1 aromatic carbocycles. The first-order chi connectivity index (χ1) is 10.3. The molecule has 0 aromatic heterocycles. The highest BCUT2D eigenvalue weighted by Gasteiger charge is 2.34. The van der Waals surface area contributed by atoms with Crippen LogP contribution in [0.15, 0.2) is 24.3 Å². The molecule has 1 saturated heterocycles. The van der Waals surface area contributed by atoms with E-state index in [2.05, 4.69) is 4.74 Å². The first-order valence-corrected chi connectivity index (χ1v) is 8.71. The van der Waals surface area contributed by atoms with E-state index < -0.39 is 16.4 Å². The Morgan fingerprint density at radius 3 is 2.45 bits per heavy atom. The van der Waals surface area contributed by atoms with Crippen molar-refractivity contribution in [2.24, 2.45) is 0 Å². The zero-order valence-corrected chi connectivity index (χ0v) is 12.9. The third-order valence-corrected chi connectivity index (χ3v) is 5.33. The predicted octanol–water partition coefficient (Wildman–Crippen LogP) is 1.94. The van der Waals surface area contributed by atoms with Crippen molar-refractivity contribution in [1.29, 1.82) is 0 Å². The van der Waals surface area contributed by atoms with E-state index in [1.807, 2.05) is 0 Å². The van der Waals surface area contributed by atoms with Gasteiger partial charge in [-0.15, -0.1) is 0 Å². The molecule has 1 unspecified atom stereocenters. The maximum atomic E-state index is 12.4. The molecule has 0 N–H and O–H groups in total. The van der Waals surface area contributed by atoms with Crippen molar-refractivity contribution in [2.45, 2.75) is 26.0 Å². The Kier molecular flexibility index (Phi) is 5.00. The maximum Gasteiger partial charge on any atom is 0.387 e. The van der Waals surface area contributed by atoms with Crippen molar-refractivity contribution in [3.8, 4) is 5.75 Å². The van der Waals surface area contributed by atoms with Crippen LogP contribution >= 0.6 is 0 Å². The molecule has 0 saturated carbocycles. The van der Waals surface area contributed by atoms with Gasteiger partial charge in [0.15, 0.2) is 9.84 Å². The number of nitrogens with zero attached hydrogens (tertiary/aromatic N) is 1. The number of alkyl halides is 2. The molecule has 122 valence electrons. The minimum absolute atomic E-state index is 0.0286. The summed E-state index contributed by atoms with van der Waals surface area (Å²) in [6.45, 7) is -0.761. The summed E-state index contributed by atoms with van der Waals surface area (Å²) < 4.78 is 51.5. The second kappa shape index (κ2) is 6.60. The fourth-order valence-corrected chi connectivity index (χ4v) is 4.26. The van der Waals surface area contributed by atoms with E-state index in [4.69, 9.17) is 0 Å². The minimum Gasteiger partial charge on any atom is -0.435 e. The number of carbonyl (C=O) groups is 1. The fourth-order valence-electron chi connectivity index (χ4n) is 2.53. The zero-order valence-electron chi connectivity index (χ0n) is 12.0.